The van der Waals surface area contributed by atoms with Crippen molar-refractivity contribution < 1.29 is 6.85 Å². The number of benzene rings is 6. The highest BCUT2D eigenvalue weighted by atomic mass is 32.1. The van der Waals surface area contributed by atoms with E-state index in [0.29, 0.717) is 5.56 Å². The highest BCUT2D eigenvalue weighted by Gasteiger charge is 2.14. The van der Waals surface area contributed by atoms with Gasteiger partial charge in [0.05, 0.1) is 6.85 Å². The number of rotatable bonds is 3. The predicted molar refractivity (Wildman–Crippen MR) is 150 cm³/mol. The normalized spacial score (nSPS) is 13.6. The number of fused-ring (bicyclic) bond motifs is 7. The van der Waals surface area contributed by atoms with Gasteiger partial charge in [-0.2, -0.15) is 0 Å². The quantitative estimate of drug-likeness (QED) is 0.279. The first-order valence-electron chi connectivity index (χ1n) is 13.6. The molecule has 0 bridgehead atoms. The second-order valence-electron chi connectivity index (χ2n) is 8.31. The zero-order valence-electron chi connectivity index (χ0n) is 23.1. The van der Waals surface area contributed by atoms with E-state index in [1.54, 1.807) is 12.1 Å². The molecular formula is C32H21NS. The molecule has 7 rings (SSSR count). The summed E-state index contributed by atoms with van der Waals surface area (Å²) in [6.45, 7) is 0. The molecule has 0 aliphatic rings. The van der Waals surface area contributed by atoms with E-state index in [0.717, 1.165) is 16.8 Å². The molecule has 0 aliphatic heterocycles. The van der Waals surface area contributed by atoms with Crippen LogP contribution in [0.2, 0.25) is 0 Å². The van der Waals surface area contributed by atoms with Crippen LogP contribution in [0, 0.1) is 0 Å². The first-order chi connectivity index (χ1) is 18.9. The zero-order chi connectivity index (χ0) is 26.8. The third kappa shape index (κ3) is 3.07. The lowest BCUT2D eigenvalue weighted by atomic mass is 10.0. The van der Waals surface area contributed by atoms with Crippen molar-refractivity contribution in [2.75, 3.05) is 5.32 Å². The minimum absolute atomic E-state index is 0.199. The number of hydrogen-bond acceptors (Lipinski definition) is 2. The van der Waals surface area contributed by atoms with Crippen molar-refractivity contribution in [3.63, 3.8) is 0 Å². The number of hydrogen-bond donors (Lipinski definition) is 1. The molecule has 2 heteroatoms. The Hall–Kier alpha value is -4.14. The van der Waals surface area contributed by atoms with Crippen LogP contribution in [0.3, 0.4) is 0 Å². The minimum atomic E-state index is -0.386. The van der Waals surface area contributed by atoms with Crippen molar-refractivity contribution >= 4 is 64.4 Å². The highest BCUT2D eigenvalue weighted by molar-refractivity contribution is 7.27. The maximum absolute atomic E-state index is 8.29. The van der Waals surface area contributed by atoms with Gasteiger partial charge in [0.15, 0.2) is 0 Å². The average molecular weight is 457 g/mol. The first-order valence-corrected chi connectivity index (χ1v) is 11.9. The molecule has 0 unspecified atom stereocenters. The van der Waals surface area contributed by atoms with Gasteiger partial charge in [-0.25, -0.2) is 0 Å². The van der Waals surface area contributed by atoms with Gasteiger partial charge in [-0.05, 0) is 40.1 Å². The van der Waals surface area contributed by atoms with Crippen LogP contribution in [0.15, 0.2) is 121 Å². The van der Waals surface area contributed by atoms with Crippen LogP contribution < -0.4 is 5.32 Å². The predicted octanol–water partition coefficient (Wildman–Crippen LogP) is 9.77. The fourth-order valence-electron chi connectivity index (χ4n) is 4.70. The Morgan fingerprint density at radius 1 is 0.559 bits per heavy atom. The van der Waals surface area contributed by atoms with Gasteiger partial charge in [0.25, 0.3) is 0 Å². The highest BCUT2D eigenvalue weighted by Crippen LogP contribution is 2.44. The fraction of sp³-hybridized carbons (Fsp3) is 0. The minimum Gasteiger partial charge on any atom is -0.355 e. The number of nitrogens with one attached hydrogen (secondary N) is 1. The van der Waals surface area contributed by atoms with E-state index in [9.17, 15) is 0 Å². The summed E-state index contributed by atoms with van der Waals surface area (Å²) >= 11 is 1.83. The molecule has 7 aromatic rings. The molecule has 1 nitrogen and oxygen atoms in total. The largest absolute Gasteiger partial charge is 0.355 e. The standard InChI is InChI=1S/C32H21NS/c1-2-8-21(9-3-1)22-14-17-24(18-15-22)33-30-20-29-28-19-16-23-10-4-5-11-25(23)31(28)34-32(29)27-13-7-6-12-26(27)30/h1-20,33H/i1D,2D,3D,8D,9D. The van der Waals surface area contributed by atoms with Crippen molar-refractivity contribution in [3.8, 4) is 11.1 Å². The topological polar surface area (TPSA) is 12.0 Å². The molecule has 6 aromatic carbocycles. The maximum Gasteiger partial charge on any atom is 0.0629 e. The molecule has 0 amide bonds. The third-order valence-corrected chi connectivity index (χ3v) is 7.61. The van der Waals surface area contributed by atoms with Crippen LogP contribution in [0.4, 0.5) is 11.4 Å². The summed E-state index contributed by atoms with van der Waals surface area (Å²) in [4.78, 5) is 0. The second-order valence-corrected chi connectivity index (χ2v) is 9.33. The van der Waals surface area contributed by atoms with Crippen molar-refractivity contribution in [2.45, 2.75) is 0 Å². The third-order valence-electron chi connectivity index (χ3n) is 6.32. The molecule has 34 heavy (non-hydrogen) atoms. The molecule has 0 atom stereocenters. The summed E-state index contributed by atoms with van der Waals surface area (Å²) in [7, 11) is 0. The molecule has 1 heterocycles. The average Bonchev–Trinajstić information content (AvgIpc) is 3.35. The molecule has 160 valence electrons. The van der Waals surface area contributed by atoms with E-state index < -0.39 is 0 Å². The Kier molecular flexibility index (Phi) is 3.38. The summed E-state index contributed by atoms with van der Waals surface area (Å²) in [5.74, 6) is 0. The summed E-state index contributed by atoms with van der Waals surface area (Å²) in [5, 5.41) is 10.8. The Morgan fingerprint density at radius 2 is 1.24 bits per heavy atom. The van der Waals surface area contributed by atoms with Crippen LogP contribution in [0.1, 0.15) is 6.85 Å². The van der Waals surface area contributed by atoms with Crippen molar-refractivity contribution in [1.82, 2.24) is 0 Å². The van der Waals surface area contributed by atoms with Crippen molar-refractivity contribution in [3.05, 3.63) is 121 Å². The van der Waals surface area contributed by atoms with E-state index >= 15 is 0 Å². The van der Waals surface area contributed by atoms with Crippen LogP contribution in [0.5, 0.6) is 0 Å². The van der Waals surface area contributed by atoms with Gasteiger partial charge in [0.2, 0.25) is 0 Å². The van der Waals surface area contributed by atoms with Gasteiger partial charge in [0.1, 0.15) is 0 Å². The lowest BCUT2D eigenvalue weighted by Gasteiger charge is -2.12. The summed E-state index contributed by atoms with van der Waals surface area (Å²) in [6.07, 6.45) is 0. The van der Waals surface area contributed by atoms with Gasteiger partial charge in [-0.15, -0.1) is 11.3 Å². The lowest BCUT2D eigenvalue weighted by Crippen LogP contribution is -1.92. The molecule has 0 aliphatic carbocycles. The number of thiophene rings is 1. The summed E-state index contributed by atoms with van der Waals surface area (Å²) in [5.41, 5.74) is 2.62. The number of anilines is 2. The molecule has 0 spiro atoms. The molecule has 0 radical (unpaired) electrons. The Morgan fingerprint density at radius 3 is 2.06 bits per heavy atom. The van der Waals surface area contributed by atoms with Crippen LogP contribution in [0.25, 0.3) is 52.8 Å². The van der Waals surface area contributed by atoms with Crippen molar-refractivity contribution in [1.29, 1.82) is 0 Å². The van der Waals surface area contributed by atoms with E-state index in [2.05, 4.69) is 66.0 Å². The van der Waals surface area contributed by atoms with Crippen molar-refractivity contribution in [2.24, 2.45) is 0 Å². The Bertz CT molecular complexity index is 2070. The van der Waals surface area contributed by atoms with E-state index in [-0.39, 0.29) is 35.8 Å². The maximum atomic E-state index is 8.29. The van der Waals surface area contributed by atoms with Crippen LogP contribution in [-0.4, -0.2) is 0 Å². The fourth-order valence-corrected chi connectivity index (χ4v) is 6.05. The van der Waals surface area contributed by atoms with Gasteiger partial charge in [-0.3, -0.25) is 0 Å². The van der Waals surface area contributed by atoms with E-state index in [1.807, 2.05) is 29.5 Å². The SMILES string of the molecule is [2H]c1c([2H])c([2H])c(-c2ccc(Nc3cc4c5ccc6ccccc6c5sc4c4ccccc34)cc2)c([2H])c1[2H]. The van der Waals surface area contributed by atoms with Gasteiger partial charge >= 0.3 is 0 Å². The van der Waals surface area contributed by atoms with Gasteiger partial charge in [0, 0.05) is 42.3 Å². The summed E-state index contributed by atoms with van der Waals surface area (Å²) in [6, 6.07) is 29.4. The molecular weight excluding hydrogens is 430 g/mol. The van der Waals surface area contributed by atoms with Gasteiger partial charge < -0.3 is 5.32 Å². The van der Waals surface area contributed by atoms with E-state index in [4.69, 9.17) is 6.85 Å². The molecule has 1 N–H and O–H groups in total. The Labute approximate surface area is 208 Å². The monoisotopic (exact) mass is 456 g/mol. The van der Waals surface area contributed by atoms with Crippen LogP contribution in [-0.2, 0) is 0 Å². The lowest BCUT2D eigenvalue weighted by molar-refractivity contribution is 1.57. The van der Waals surface area contributed by atoms with E-state index in [1.165, 1.54) is 36.3 Å². The molecule has 1 aromatic heterocycles. The molecule has 0 saturated heterocycles. The van der Waals surface area contributed by atoms with Crippen LogP contribution >= 0.6 is 11.3 Å². The Balaban J connectivity index is 1.36. The smallest absolute Gasteiger partial charge is 0.0629 e. The zero-order valence-corrected chi connectivity index (χ0v) is 18.9. The van der Waals surface area contributed by atoms with Gasteiger partial charge in [-0.1, -0.05) is 103 Å². The first kappa shape index (κ1) is 14.9. The summed E-state index contributed by atoms with van der Waals surface area (Å²) < 4.78 is 43.0. The second kappa shape index (κ2) is 7.72. The molecule has 0 saturated carbocycles. The molecule has 0 fully saturated rings.